The first-order valence-corrected chi connectivity index (χ1v) is 13.3. The fourth-order valence-electron chi connectivity index (χ4n) is 6.32. The van der Waals surface area contributed by atoms with Gasteiger partial charge in [-0.05, 0) is 46.3 Å². The third kappa shape index (κ3) is 3.77. The molecule has 0 radical (unpaired) electrons. The second kappa shape index (κ2) is 9.20. The quantitative estimate of drug-likeness (QED) is 0.331. The van der Waals surface area contributed by atoms with Gasteiger partial charge in [0.2, 0.25) is 11.8 Å². The lowest BCUT2D eigenvalue weighted by molar-refractivity contribution is -0.138. The van der Waals surface area contributed by atoms with Gasteiger partial charge in [-0.1, -0.05) is 48.0 Å². The van der Waals surface area contributed by atoms with Crippen molar-refractivity contribution in [1.29, 1.82) is 0 Å². The lowest BCUT2D eigenvalue weighted by atomic mass is 9.59. The Bertz CT molecular complexity index is 1500. The first-order valence-electron chi connectivity index (χ1n) is 12.5. The summed E-state index contributed by atoms with van der Waals surface area (Å²) in [7, 11) is 1.49. The molecule has 3 aliphatic carbocycles. The molecule has 4 aliphatic rings. The molecule has 1 fully saturated rings. The number of halogens is 1. The van der Waals surface area contributed by atoms with E-state index in [2.05, 4.69) is 15.9 Å². The SMILES string of the molecule is CN1C(=O)C2CC=C3C(c4ccc(OCc5ccccc5)cc4O)C4=C(CC3C2C1=O)C(=O)C(Br)=CC4=O. The maximum atomic E-state index is 13.3. The highest BCUT2D eigenvalue weighted by Gasteiger charge is 2.55. The number of imide groups is 1. The van der Waals surface area contributed by atoms with E-state index in [9.17, 15) is 24.3 Å². The zero-order valence-electron chi connectivity index (χ0n) is 20.5. The van der Waals surface area contributed by atoms with Gasteiger partial charge in [0.1, 0.15) is 18.1 Å². The number of allylic oxidation sites excluding steroid dienone is 6. The molecule has 38 heavy (non-hydrogen) atoms. The van der Waals surface area contributed by atoms with E-state index in [4.69, 9.17) is 4.74 Å². The highest BCUT2D eigenvalue weighted by molar-refractivity contribution is 9.12. The lowest BCUT2D eigenvalue weighted by Crippen LogP contribution is -2.39. The number of rotatable bonds is 4. The summed E-state index contributed by atoms with van der Waals surface area (Å²) in [5, 5.41) is 11.2. The minimum atomic E-state index is -0.713. The number of carbonyl (C=O) groups excluding carboxylic acids is 4. The molecule has 192 valence electrons. The van der Waals surface area contributed by atoms with E-state index >= 15 is 0 Å². The van der Waals surface area contributed by atoms with E-state index in [0.29, 0.717) is 35.5 Å². The lowest BCUT2D eigenvalue weighted by Gasteiger charge is -2.42. The molecule has 1 N–H and O–H groups in total. The van der Waals surface area contributed by atoms with Crippen LogP contribution in [0.2, 0.25) is 0 Å². The Balaban J connectivity index is 1.42. The Morgan fingerprint density at radius 1 is 1.03 bits per heavy atom. The standard InChI is InChI=1S/C30H24BrNO6/c1-32-29(36)19-10-9-17-20(26(19)30(32)37)12-21-27(24(34)13-22(31)28(21)35)25(17)18-8-7-16(11-23(18)33)38-14-15-5-3-2-4-6-15/h2-9,11,13,19-20,25-26,33H,10,12,14H2,1H3. The Kier molecular flexibility index (Phi) is 5.94. The van der Waals surface area contributed by atoms with Crippen LogP contribution in [0.5, 0.6) is 11.5 Å². The average molecular weight is 574 g/mol. The molecule has 0 saturated carbocycles. The van der Waals surface area contributed by atoms with E-state index in [1.807, 2.05) is 36.4 Å². The predicted molar refractivity (Wildman–Crippen MR) is 141 cm³/mol. The van der Waals surface area contributed by atoms with Crippen molar-refractivity contribution in [2.75, 3.05) is 7.05 Å². The van der Waals surface area contributed by atoms with Crippen molar-refractivity contribution in [2.24, 2.45) is 17.8 Å². The predicted octanol–water partition coefficient (Wildman–Crippen LogP) is 4.36. The van der Waals surface area contributed by atoms with E-state index in [1.165, 1.54) is 24.1 Å². The van der Waals surface area contributed by atoms with Crippen molar-refractivity contribution in [1.82, 2.24) is 4.90 Å². The number of hydrogen-bond acceptors (Lipinski definition) is 6. The maximum Gasteiger partial charge on any atom is 0.233 e. The zero-order valence-corrected chi connectivity index (χ0v) is 22.1. The normalized spacial score (nSPS) is 26.5. The Hall–Kier alpha value is -3.78. The van der Waals surface area contributed by atoms with Crippen molar-refractivity contribution >= 4 is 39.3 Å². The van der Waals surface area contributed by atoms with Gasteiger partial charge in [0.05, 0.1) is 16.3 Å². The van der Waals surface area contributed by atoms with E-state index in [-0.39, 0.29) is 40.0 Å². The van der Waals surface area contributed by atoms with Crippen LogP contribution in [0.25, 0.3) is 0 Å². The summed E-state index contributed by atoms with van der Waals surface area (Å²) < 4.78 is 6.03. The van der Waals surface area contributed by atoms with Crippen molar-refractivity contribution in [2.45, 2.75) is 25.4 Å². The third-order valence-electron chi connectivity index (χ3n) is 8.11. The Labute approximate surface area is 227 Å². The molecule has 1 saturated heterocycles. The van der Waals surface area contributed by atoms with Gasteiger partial charge >= 0.3 is 0 Å². The molecule has 7 nitrogen and oxygen atoms in total. The number of benzene rings is 2. The summed E-state index contributed by atoms with van der Waals surface area (Å²) >= 11 is 3.21. The summed E-state index contributed by atoms with van der Waals surface area (Å²) in [5.41, 5.74) is 2.87. The van der Waals surface area contributed by atoms with Crippen LogP contribution in [0.1, 0.15) is 29.9 Å². The van der Waals surface area contributed by atoms with Crippen LogP contribution in [0.15, 0.2) is 81.9 Å². The molecular weight excluding hydrogens is 550 g/mol. The van der Waals surface area contributed by atoms with Crippen LogP contribution >= 0.6 is 15.9 Å². The topological polar surface area (TPSA) is 101 Å². The monoisotopic (exact) mass is 573 g/mol. The molecule has 4 unspecified atom stereocenters. The van der Waals surface area contributed by atoms with Crippen LogP contribution < -0.4 is 4.74 Å². The Morgan fingerprint density at radius 2 is 1.79 bits per heavy atom. The molecule has 2 amide bonds. The summed E-state index contributed by atoms with van der Waals surface area (Å²) in [6, 6.07) is 14.6. The number of likely N-dealkylation sites (tertiary alicyclic amines) is 1. The van der Waals surface area contributed by atoms with Gasteiger partial charge < -0.3 is 9.84 Å². The van der Waals surface area contributed by atoms with Gasteiger partial charge in [-0.2, -0.15) is 0 Å². The van der Waals surface area contributed by atoms with Crippen molar-refractivity contribution < 1.29 is 29.0 Å². The second-order valence-corrected chi connectivity index (χ2v) is 11.0. The number of ketones is 2. The van der Waals surface area contributed by atoms with Crippen LogP contribution in [0, 0.1) is 17.8 Å². The molecule has 1 heterocycles. The van der Waals surface area contributed by atoms with E-state index < -0.39 is 23.7 Å². The summed E-state index contributed by atoms with van der Waals surface area (Å²) in [6.07, 6.45) is 3.76. The molecule has 0 aromatic heterocycles. The number of phenols is 1. The van der Waals surface area contributed by atoms with Crippen LogP contribution in [0.4, 0.5) is 0 Å². The molecule has 2 aromatic carbocycles. The van der Waals surface area contributed by atoms with E-state index in [1.54, 1.807) is 12.1 Å². The zero-order chi connectivity index (χ0) is 26.7. The van der Waals surface area contributed by atoms with Gasteiger partial charge in [0.25, 0.3) is 0 Å². The first kappa shape index (κ1) is 24.6. The number of ether oxygens (including phenoxy) is 1. The van der Waals surface area contributed by atoms with Crippen molar-refractivity contribution in [3.8, 4) is 11.5 Å². The number of carbonyl (C=O) groups is 4. The molecular formula is C30H24BrNO6. The fraction of sp³-hybridized carbons (Fsp3) is 0.267. The minimum Gasteiger partial charge on any atom is -0.507 e. The van der Waals surface area contributed by atoms with Crippen LogP contribution in [0.3, 0.4) is 0 Å². The van der Waals surface area contributed by atoms with Gasteiger partial charge in [-0.25, -0.2) is 0 Å². The summed E-state index contributed by atoms with van der Waals surface area (Å²) in [6.45, 7) is 0.324. The first-order chi connectivity index (χ1) is 18.3. The maximum absolute atomic E-state index is 13.3. The van der Waals surface area contributed by atoms with Gasteiger partial charge in [0, 0.05) is 41.8 Å². The molecule has 4 atom stereocenters. The van der Waals surface area contributed by atoms with Gasteiger partial charge in [0.15, 0.2) is 11.6 Å². The van der Waals surface area contributed by atoms with Gasteiger partial charge in [-0.3, -0.25) is 24.1 Å². The Morgan fingerprint density at radius 3 is 2.53 bits per heavy atom. The van der Waals surface area contributed by atoms with E-state index in [0.717, 1.165) is 11.1 Å². The molecule has 2 aromatic rings. The van der Waals surface area contributed by atoms with Crippen molar-refractivity contribution in [3.05, 3.63) is 93.0 Å². The minimum absolute atomic E-state index is 0.0732. The number of Topliss-reactive ketones (excluding diaryl/α,β-unsaturated/α-hetero) is 1. The van der Waals surface area contributed by atoms with Crippen molar-refractivity contribution in [3.63, 3.8) is 0 Å². The molecule has 1 aliphatic heterocycles. The van der Waals surface area contributed by atoms with Crippen LogP contribution in [-0.2, 0) is 25.8 Å². The number of hydrogen-bond donors (Lipinski definition) is 1. The summed E-state index contributed by atoms with van der Waals surface area (Å²) in [4.78, 5) is 53.6. The number of nitrogens with zero attached hydrogens (tertiary/aromatic N) is 1. The number of amides is 2. The number of phenolic OH excluding ortho intramolecular Hbond substituents is 1. The second-order valence-electron chi connectivity index (χ2n) is 10.1. The third-order valence-corrected chi connectivity index (χ3v) is 8.70. The number of fused-ring (bicyclic) bond motifs is 3. The fourth-order valence-corrected chi connectivity index (χ4v) is 6.76. The highest BCUT2D eigenvalue weighted by Crippen LogP contribution is 2.56. The number of aromatic hydroxyl groups is 1. The van der Waals surface area contributed by atoms with Gasteiger partial charge in [-0.15, -0.1) is 0 Å². The van der Waals surface area contributed by atoms with Crippen LogP contribution in [-0.4, -0.2) is 40.4 Å². The molecule has 8 heteroatoms. The largest absolute Gasteiger partial charge is 0.507 e. The molecule has 0 spiro atoms. The smallest absolute Gasteiger partial charge is 0.233 e. The average Bonchev–Trinajstić information content (AvgIpc) is 3.14. The highest BCUT2D eigenvalue weighted by atomic mass is 79.9. The molecule has 6 rings (SSSR count). The molecule has 0 bridgehead atoms. The summed E-state index contributed by atoms with van der Waals surface area (Å²) in [5.74, 6) is -2.95.